The molecule has 1 aromatic rings. The minimum absolute atomic E-state index is 0.170. The highest BCUT2D eigenvalue weighted by atomic mass is 16.6. The molecule has 1 saturated carbocycles. The Labute approximate surface area is 120 Å². The maximum atomic E-state index is 12.2. The van der Waals surface area contributed by atoms with E-state index in [0.29, 0.717) is 5.92 Å². The van der Waals surface area contributed by atoms with E-state index in [2.05, 4.69) is 31.2 Å². The van der Waals surface area contributed by atoms with Crippen molar-refractivity contribution in [3.8, 4) is 0 Å². The van der Waals surface area contributed by atoms with Crippen molar-refractivity contribution in [3.63, 3.8) is 0 Å². The highest BCUT2D eigenvalue weighted by molar-refractivity contribution is 5.69. The van der Waals surface area contributed by atoms with Gasteiger partial charge in [-0.1, -0.05) is 29.8 Å². The molecule has 2 aliphatic rings. The minimum atomic E-state index is -0.416. The van der Waals surface area contributed by atoms with E-state index in [9.17, 15) is 4.79 Å². The van der Waals surface area contributed by atoms with Crippen LogP contribution in [0.5, 0.6) is 0 Å². The number of carbonyl (C=O) groups excluding carboxylic acids is 1. The second kappa shape index (κ2) is 4.24. The third-order valence-corrected chi connectivity index (χ3v) is 4.39. The number of nitrogens with zero attached hydrogens (tertiary/aromatic N) is 1. The number of amides is 1. The third kappa shape index (κ3) is 2.30. The van der Waals surface area contributed by atoms with Crippen LogP contribution in [0.3, 0.4) is 0 Å². The molecule has 0 spiro atoms. The number of piperidine rings is 1. The minimum Gasteiger partial charge on any atom is -0.444 e. The van der Waals surface area contributed by atoms with Gasteiger partial charge in [0, 0.05) is 18.5 Å². The van der Waals surface area contributed by atoms with Crippen LogP contribution in [-0.4, -0.2) is 29.7 Å². The number of hydrogen-bond donors (Lipinski definition) is 0. The van der Waals surface area contributed by atoms with Crippen LogP contribution in [0.25, 0.3) is 0 Å². The summed E-state index contributed by atoms with van der Waals surface area (Å²) in [4.78, 5) is 14.0. The molecule has 3 heteroatoms. The zero-order valence-electron chi connectivity index (χ0n) is 12.8. The maximum absolute atomic E-state index is 12.2. The van der Waals surface area contributed by atoms with Crippen molar-refractivity contribution >= 4 is 6.09 Å². The lowest BCUT2D eigenvalue weighted by molar-refractivity contribution is 0.0270. The standard InChI is InChI=1S/C17H23NO2/c1-12-6-5-7-13(8-12)17-9-14(17)10-18(11-17)15(19)20-16(2,3)4/h5-8,14H,9-11H2,1-4H3. The molecule has 0 bridgehead atoms. The molecule has 2 atom stereocenters. The molecule has 2 unspecified atom stereocenters. The van der Waals surface area contributed by atoms with Crippen LogP contribution in [0.2, 0.25) is 0 Å². The van der Waals surface area contributed by atoms with Crippen LogP contribution in [0.4, 0.5) is 4.79 Å². The van der Waals surface area contributed by atoms with Gasteiger partial charge in [0.2, 0.25) is 0 Å². The van der Waals surface area contributed by atoms with Crippen molar-refractivity contribution in [1.29, 1.82) is 0 Å². The second-order valence-electron chi connectivity index (χ2n) is 7.29. The van der Waals surface area contributed by atoms with Gasteiger partial charge in [-0.2, -0.15) is 0 Å². The summed E-state index contributed by atoms with van der Waals surface area (Å²) < 4.78 is 5.48. The fraction of sp³-hybridized carbons (Fsp3) is 0.588. The van der Waals surface area contributed by atoms with Crippen molar-refractivity contribution in [1.82, 2.24) is 4.90 Å². The van der Waals surface area contributed by atoms with E-state index in [1.54, 1.807) is 0 Å². The average Bonchev–Trinajstić information content (AvgIpc) is 2.90. The van der Waals surface area contributed by atoms with Gasteiger partial charge in [0.25, 0.3) is 0 Å². The predicted octanol–water partition coefficient (Wildman–Crippen LogP) is 3.50. The monoisotopic (exact) mass is 273 g/mol. The van der Waals surface area contributed by atoms with Crippen molar-refractivity contribution < 1.29 is 9.53 Å². The van der Waals surface area contributed by atoms with Gasteiger partial charge in [-0.15, -0.1) is 0 Å². The summed E-state index contributed by atoms with van der Waals surface area (Å²) in [5.74, 6) is 0.608. The molecule has 20 heavy (non-hydrogen) atoms. The Morgan fingerprint density at radius 2 is 2.15 bits per heavy atom. The van der Waals surface area contributed by atoms with E-state index < -0.39 is 5.60 Å². The normalized spacial score (nSPS) is 28.2. The Kier molecular flexibility index (Phi) is 2.86. The first-order valence-corrected chi connectivity index (χ1v) is 7.35. The lowest BCUT2D eigenvalue weighted by atomic mass is 9.94. The van der Waals surface area contributed by atoms with Crippen LogP contribution in [0.15, 0.2) is 24.3 Å². The Morgan fingerprint density at radius 1 is 1.40 bits per heavy atom. The van der Waals surface area contributed by atoms with Gasteiger partial charge < -0.3 is 9.64 Å². The Hall–Kier alpha value is -1.51. The molecule has 1 heterocycles. The van der Waals surface area contributed by atoms with Gasteiger partial charge in [0.1, 0.15) is 5.60 Å². The summed E-state index contributed by atoms with van der Waals surface area (Å²) >= 11 is 0. The lowest BCUT2D eigenvalue weighted by Crippen LogP contribution is -2.37. The molecule has 1 saturated heterocycles. The number of likely N-dealkylation sites (tertiary alicyclic amines) is 1. The van der Waals surface area contributed by atoms with E-state index in [0.717, 1.165) is 13.1 Å². The molecule has 1 amide bonds. The van der Waals surface area contributed by atoms with Gasteiger partial charge in [0.05, 0.1) is 0 Å². The zero-order chi connectivity index (χ0) is 14.5. The fourth-order valence-corrected chi connectivity index (χ4v) is 3.35. The summed E-state index contributed by atoms with van der Waals surface area (Å²) in [7, 11) is 0. The number of carbonyl (C=O) groups is 1. The summed E-state index contributed by atoms with van der Waals surface area (Å²) in [6.07, 6.45) is 1.03. The molecule has 3 nitrogen and oxygen atoms in total. The predicted molar refractivity (Wildman–Crippen MR) is 78.8 cm³/mol. The highest BCUT2D eigenvalue weighted by Gasteiger charge is 2.62. The van der Waals surface area contributed by atoms with Crippen molar-refractivity contribution in [2.45, 2.75) is 45.1 Å². The van der Waals surface area contributed by atoms with Crippen molar-refractivity contribution in [2.75, 3.05) is 13.1 Å². The number of rotatable bonds is 1. The van der Waals surface area contributed by atoms with Gasteiger partial charge in [-0.25, -0.2) is 4.79 Å². The largest absolute Gasteiger partial charge is 0.444 e. The van der Waals surface area contributed by atoms with E-state index >= 15 is 0 Å². The molecule has 108 valence electrons. The van der Waals surface area contributed by atoms with Crippen LogP contribution in [-0.2, 0) is 10.2 Å². The molecule has 0 radical (unpaired) electrons. The average molecular weight is 273 g/mol. The van der Waals surface area contributed by atoms with Gasteiger partial charge in [-0.3, -0.25) is 0 Å². The topological polar surface area (TPSA) is 29.5 Å². The van der Waals surface area contributed by atoms with Gasteiger partial charge in [-0.05, 0) is 45.6 Å². The molecule has 1 aromatic carbocycles. The van der Waals surface area contributed by atoms with E-state index in [1.165, 1.54) is 17.5 Å². The summed E-state index contributed by atoms with van der Waals surface area (Å²) in [6, 6.07) is 8.70. The van der Waals surface area contributed by atoms with E-state index in [1.807, 2.05) is 25.7 Å². The van der Waals surface area contributed by atoms with Crippen LogP contribution < -0.4 is 0 Å². The Balaban J connectivity index is 1.73. The van der Waals surface area contributed by atoms with Gasteiger partial charge >= 0.3 is 6.09 Å². The first kappa shape index (κ1) is 13.5. The summed E-state index contributed by atoms with van der Waals surface area (Å²) in [5.41, 5.74) is 2.45. The number of ether oxygens (including phenoxy) is 1. The van der Waals surface area contributed by atoms with Crippen LogP contribution in [0.1, 0.15) is 38.3 Å². The van der Waals surface area contributed by atoms with Crippen molar-refractivity contribution in [2.24, 2.45) is 5.92 Å². The molecule has 1 aliphatic heterocycles. The number of benzene rings is 1. The van der Waals surface area contributed by atoms with Crippen LogP contribution in [0, 0.1) is 12.8 Å². The molecule has 2 fully saturated rings. The second-order valence-corrected chi connectivity index (χ2v) is 7.29. The molecule has 0 N–H and O–H groups in total. The lowest BCUT2D eigenvalue weighted by Gasteiger charge is -2.26. The quantitative estimate of drug-likeness (QED) is 0.783. The molecule has 1 aliphatic carbocycles. The van der Waals surface area contributed by atoms with Crippen LogP contribution >= 0.6 is 0 Å². The number of aryl methyl sites for hydroxylation is 1. The first-order valence-electron chi connectivity index (χ1n) is 7.35. The molecule has 0 aromatic heterocycles. The van der Waals surface area contributed by atoms with E-state index in [4.69, 9.17) is 4.74 Å². The molecular weight excluding hydrogens is 250 g/mol. The first-order chi connectivity index (χ1) is 9.30. The molecular formula is C17H23NO2. The highest BCUT2D eigenvalue weighted by Crippen LogP contribution is 2.59. The maximum Gasteiger partial charge on any atom is 0.410 e. The smallest absolute Gasteiger partial charge is 0.410 e. The fourth-order valence-electron chi connectivity index (χ4n) is 3.35. The van der Waals surface area contributed by atoms with Crippen molar-refractivity contribution in [3.05, 3.63) is 35.4 Å². The summed E-state index contributed by atoms with van der Waals surface area (Å²) in [5, 5.41) is 0. The zero-order valence-corrected chi connectivity index (χ0v) is 12.8. The summed E-state index contributed by atoms with van der Waals surface area (Å²) in [6.45, 7) is 9.51. The third-order valence-electron chi connectivity index (χ3n) is 4.39. The number of hydrogen-bond acceptors (Lipinski definition) is 2. The molecule has 3 rings (SSSR count). The SMILES string of the molecule is Cc1cccc(C23CC2CN(C(=O)OC(C)(C)C)C3)c1. The van der Waals surface area contributed by atoms with Gasteiger partial charge in [0.15, 0.2) is 0 Å². The Bertz CT molecular complexity index is 546. The Morgan fingerprint density at radius 3 is 2.80 bits per heavy atom. The van der Waals surface area contributed by atoms with E-state index in [-0.39, 0.29) is 11.5 Å². The number of fused-ring (bicyclic) bond motifs is 1.